The van der Waals surface area contributed by atoms with Crippen LogP contribution in [0.4, 0.5) is 0 Å². The quantitative estimate of drug-likeness (QED) is 0.790. The van der Waals surface area contributed by atoms with Crippen LogP contribution < -0.4 is 0 Å². The topological polar surface area (TPSA) is 74.4 Å². The third-order valence-corrected chi connectivity index (χ3v) is 4.47. The van der Waals surface area contributed by atoms with E-state index in [4.69, 9.17) is 10.1 Å². The van der Waals surface area contributed by atoms with E-state index in [0.29, 0.717) is 36.9 Å². The number of benzene rings is 1. The van der Waals surface area contributed by atoms with E-state index in [9.17, 15) is 5.11 Å². The number of aliphatic hydroxyl groups is 1. The lowest BCUT2D eigenvalue weighted by Crippen LogP contribution is -2.29. The summed E-state index contributed by atoms with van der Waals surface area (Å²) in [5.41, 5.74) is 3.55. The molecule has 0 bridgehead atoms. The van der Waals surface area contributed by atoms with Gasteiger partial charge in [-0.1, -0.05) is 6.07 Å². The van der Waals surface area contributed by atoms with Crippen LogP contribution in [-0.2, 0) is 11.8 Å². The molecule has 0 saturated carbocycles. The Morgan fingerprint density at radius 3 is 2.84 bits per heavy atom. The number of hydrogen-bond acceptors (Lipinski definition) is 4. The van der Waals surface area contributed by atoms with Crippen molar-refractivity contribution in [1.82, 2.24) is 14.5 Å². The van der Waals surface area contributed by atoms with Crippen LogP contribution in [0.3, 0.4) is 0 Å². The zero-order valence-electron chi connectivity index (χ0n) is 15.3. The highest BCUT2D eigenvalue weighted by Gasteiger charge is 2.31. The lowest BCUT2D eigenvalue weighted by Gasteiger charge is -2.19. The monoisotopic (exact) mass is 342 g/mol. The highest BCUT2D eigenvalue weighted by Crippen LogP contribution is 2.29. The Balaban J connectivity index is 1.79. The Morgan fingerprint density at radius 1 is 1.36 bits per heavy atom. The summed E-state index contributed by atoms with van der Waals surface area (Å²) in [7, 11) is 1.92. The highest BCUT2D eigenvalue weighted by molar-refractivity contribution is 6.23. The van der Waals surface area contributed by atoms with E-state index in [1.807, 2.05) is 55.5 Å². The zero-order valence-corrected chi connectivity index (χ0v) is 15.3. The third-order valence-electron chi connectivity index (χ3n) is 4.47. The summed E-state index contributed by atoms with van der Waals surface area (Å²) in [5.74, 6) is 1.19. The molecule has 0 radical (unpaired) electrons. The van der Waals surface area contributed by atoms with Gasteiger partial charge in [0, 0.05) is 20.2 Å². The molecule has 6 nitrogen and oxygen atoms in total. The number of aryl methyl sites for hydroxylation is 2. The summed E-state index contributed by atoms with van der Waals surface area (Å²) in [6, 6.07) is 6.09. The Labute approximate surface area is 148 Å². The molecule has 0 spiro atoms. The summed E-state index contributed by atoms with van der Waals surface area (Å²) in [5, 5.41) is 18.9. The van der Waals surface area contributed by atoms with Gasteiger partial charge in [0.15, 0.2) is 0 Å². The normalized spacial score (nSPS) is 15.2. The van der Waals surface area contributed by atoms with Gasteiger partial charge in [-0.05, 0) is 44.9 Å². The molecule has 0 unspecified atom stereocenters. The lowest BCUT2D eigenvalue weighted by atomic mass is 10.2. The fraction of sp³-hybridized carbons (Fsp3) is 0.474. The van der Waals surface area contributed by atoms with Crippen LogP contribution in [-0.4, -0.2) is 51.2 Å². The number of nitrogens with zero attached hydrogens (tertiary/aromatic N) is 3. The molecule has 3 rings (SSSR count). The molecule has 1 aromatic carbocycles. The maximum Gasteiger partial charge on any atom is 0.148 e. The number of fused-ring (bicyclic) bond motifs is 1. The van der Waals surface area contributed by atoms with E-state index in [2.05, 4.69) is 4.98 Å². The molecule has 2 heterocycles. The van der Waals surface area contributed by atoms with Crippen LogP contribution >= 0.6 is 0 Å². The second-order valence-corrected chi connectivity index (χ2v) is 6.85. The van der Waals surface area contributed by atoms with Crippen molar-refractivity contribution in [2.75, 3.05) is 19.7 Å². The van der Waals surface area contributed by atoms with Crippen molar-refractivity contribution in [2.45, 2.75) is 33.3 Å². The van der Waals surface area contributed by atoms with Gasteiger partial charge in [-0.25, -0.2) is 4.98 Å². The average molecular weight is 342 g/mol. The standard InChI is InChI=1S/C19H26N4O2/c1-12(2)25-9-5-8-23-11-16(24)17(18(23)20)19-21-14-10-13(3)6-7-15(14)22(19)4/h6-7,10,12,20,24H,5,8-9,11H2,1-4H3. The fourth-order valence-electron chi connectivity index (χ4n) is 3.17. The number of aromatic nitrogens is 2. The Hall–Kier alpha value is -2.34. The Kier molecular flexibility index (Phi) is 4.81. The van der Waals surface area contributed by atoms with Gasteiger partial charge in [0.2, 0.25) is 0 Å². The van der Waals surface area contributed by atoms with Crippen LogP contribution in [0.5, 0.6) is 0 Å². The number of imidazole rings is 1. The van der Waals surface area contributed by atoms with E-state index in [1.165, 1.54) is 0 Å². The van der Waals surface area contributed by atoms with E-state index in [-0.39, 0.29) is 11.9 Å². The van der Waals surface area contributed by atoms with Crippen molar-refractivity contribution >= 4 is 22.4 Å². The number of nitrogens with one attached hydrogen (secondary N) is 1. The van der Waals surface area contributed by atoms with Crippen LogP contribution in [0, 0.1) is 12.3 Å². The van der Waals surface area contributed by atoms with Gasteiger partial charge in [-0.3, -0.25) is 5.41 Å². The summed E-state index contributed by atoms with van der Waals surface area (Å²) in [6.07, 6.45) is 1.03. The number of rotatable bonds is 6. The Bertz CT molecular complexity index is 835. The zero-order chi connectivity index (χ0) is 18.1. The third kappa shape index (κ3) is 3.39. The summed E-state index contributed by atoms with van der Waals surface area (Å²) in [6.45, 7) is 7.75. The van der Waals surface area contributed by atoms with Crippen LogP contribution in [0.15, 0.2) is 24.0 Å². The number of amidine groups is 1. The fourth-order valence-corrected chi connectivity index (χ4v) is 3.17. The van der Waals surface area contributed by atoms with E-state index >= 15 is 0 Å². The molecule has 1 aromatic heterocycles. The maximum atomic E-state index is 10.4. The van der Waals surface area contributed by atoms with Gasteiger partial charge in [-0.15, -0.1) is 0 Å². The van der Waals surface area contributed by atoms with Crippen molar-refractivity contribution in [3.8, 4) is 0 Å². The second kappa shape index (κ2) is 6.88. The molecule has 0 aliphatic carbocycles. The SMILES string of the molecule is Cc1ccc2c(c1)nc(C1=C(O)CN(CCCOC(C)C)C1=N)n2C. The second-order valence-electron chi connectivity index (χ2n) is 6.85. The predicted molar refractivity (Wildman–Crippen MR) is 100 cm³/mol. The van der Waals surface area contributed by atoms with Crippen molar-refractivity contribution in [3.63, 3.8) is 0 Å². The van der Waals surface area contributed by atoms with Gasteiger partial charge >= 0.3 is 0 Å². The summed E-state index contributed by atoms with van der Waals surface area (Å²) < 4.78 is 7.50. The molecule has 0 atom stereocenters. The first-order chi connectivity index (χ1) is 11.9. The van der Waals surface area contributed by atoms with Gasteiger partial charge in [0.05, 0.1) is 29.3 Å². The molecular formula is C19H26N4O2. The van der Waals surface area contributed by atoms with Crippen LogP contribution in [0.1, 0.15) is 31.7 Å². The molecular weight excluding hydrogens is 316 g/mol. The van der Waals surface area contributed by atoms with Crippen LogP contribution in [0.25, 0.3) is 16.6 Å². The number of aliphatic hydroxyl groups excluding tert-OH is 1. The predicted octanol–water partition coefficient (Wildman–Crippen LogP) is 3.26. The summed E-state index contributed by atoms with van der Waals surface area (Å²) in [4.78, 5) is 6.54. The molecule has 2 aromatic rings. The van der Waals surface area contributed by atoms with Crippen molar-refractivity contribution < 1.29 is 9.84 Å². The first-order valence-corrected chi connectivity index (χ1v) is 8.69. The minimum atomic E-state index is 0.212. The van der Waals surface area contributed by atoms with Gasteiger partial charge in [0.25, 0.3) is 0 Å². The first kappa shape index (κ1) is 17.5. The highest BCUT2D eigenvalue weighted by atomic mass is 16.5. The largest absolute Gasteiger partial charge is 0.510 e. The molecule has 0 amide bonds. The lowest BCUT2D eigenvalue weighted by molar-refractivity contribution is 0.0742. The molecule has 2 N–H and O–H groups in total. The van der Waals surface area contributed by atoms with Crippen LogP contribution in [0.2, 0.25) is 0 Å². The molecule has 134 valence electrons. The molecule has 0 saturated heterocycles. The first-order valence-electron chi connectivity index (χ1n) is 8.69. The van der Waals surface area contributed by atoms with Crippen molar-refractivity contribution in [1.29, 1.82) is 5.41 Å². The van der Waals surface area contributed by atoms with E-state index in [0.717, 1.165) is 23.0 Å². The molecule has 0 fully saturated rings. The number of hydrogen-bond donors (Lipinski definition) is 2. The Morgan fingerprint density at radius 2 is 2.12 bits per heavy atom. The van der Waals surface area contributed by atoms with E-state index in [1.54, 1.807) is 0 Å². The molecule has 6 heteroatoms. The van der Waals surface area contributed by atoms with E-state index < -0.39 is 0 Å². The summed E-state index contributed by atoms with van der Waals surface area (Å²) >= 11 is 0. The maximum absolute atomic E-state index is 10.4. The minimum Gasteiger partial charge on any atom is -0.510 e. The molecule has 25 heavy (non-hydrogen) atoms. The van der Waals surface area contributed by atoms with Crippen molar-refractivity contribution in [3.05, 3.63) is 35.3 Å². The molecule has 1 aliphatic heterocycles. The van der Waals surface area contributed by atoms with Crippen molar-refractivity contribution in [2.24, 2.45) is 7.05 Å². The smallest absolute Gasteiger partial charge is 0.148 e. The van der Waals surface area contributed by atoms with Gasteiger partial charge in [-0.2, -0.15) is 0 Å². The average Bonchev–Trinajstić information content (AvgIpc) is 3.00. The number of ether oxygens (including phenoxy) is 1. The molecule has 1 aliphatic rings. The van der Waals surface area contributed by atoms with Gasteiger partial charge in [0.1, 0.15) is 17.4 Å². The van der Waals surface area contributed by atoms with Gasteiger partial charge < -0.3 is 19.3 Å². The minimum absolute atomic E-state index is 0.212.